The van der Waals surface area contributed by atoms with Gasteiger partial charge in [-0.1, -0.05) is 0 Å². The molecule has 0 bridgehead atoms. The van der Waals surface area contributed by atoms with Crippen molar-refractivity contribution in [1.29, 1.82) is 0 Å². The quantitative estimate of drug-likeness (QED) is 0.283. The zero-order chi connectivity index (χ0) is 22.4. The molecule has 0 saturated carbocycles. The van der Waals surface area contributed by atoms with E-state index in [4.69, 9.17) is 3.87 Å². The topological polar surface area (TPSA) is 172 Å². The first kappa shape index (κ1) is 26.2. The van der Waals surface area contributed by atoms with Gasteiger partial charge in [-0.25, -0.2) is 4.79 Å². The van der Waals surface area contributed by atoms with Crippen molar-refractivity contribution in [3.05, 3.63) is 12.2 Å². The molecule has 2 aliphatic rings. The molecule has 29 heavy (non-hydrogen) atoms. The first-order chi connectivity index (χ1) is 13.7. The van der Waals surface area contributed by atoms with E-state index < -0.39 is 23.8 Å². The fraction of sp³-hybridized carbons (Fsp3) is 0.500. The second kappa shape index (κ2) is 14.2. The summed E-state index contributed by atoms with van der Waals surface area (Å²) in [4.78, 5) is 80.4. The van der Waals surface area contributed by atoms with Gasteiger partial charge in [-0.2, -0.15) is 0 Å². The Bertz CT molecular complexity index is 649. The molecular formula is C16H18CoN2O10-2. The molecule has 0 aromatic carbocycles. The number of carbonyl (C=O) groups excluding carboxylic acids is 7. The number of ketones is 1. The molecule has 4 amide bonds. The van der Waals surface area contributed by atoms with E-state index in [0.717, 1.165) is 0 Å². The van der Waals surface area contributed by atoms with Crippen LogP contribution in [0.2, 0.25) is 0 Å². The van der Waals surface area contributed by atoms with E-state index in [0.29, 0.717) is 17.9 Å². The van der Waals surface area contributed by atoms with Crippen LogP contribution in [0, 0.1) is 6.92 Å². The van der Waals surface area contributed by atoms with Gasteiger partial charge in [0.15, 0.2) is 0 Å². The fourth-order valence-corrected chi connectivity index (χ4v) is 1.78. The van der Waals surface area contributed by atoms with Crippen LogP contribution in [0.3, 0.4) is 0 Å². The number of Topliss-reactive ketones (excluding diaryl/α,β-unsaturated/α-hetero) is 1. The number of imide groups is 2. The Kier molecular flexibility index (Phi) is 12.9. The summed E-state index contributed by atoms with van der Waals surface area (Å²) in [5.41, 5.74) is 0. The maximum absolute atomic E-state index is 11.3. The average molecular weight is 457 g/mol. The van der Waals surface area contributed by atoms with E-state index in [1.54, 1.807) is 0 Å². The number of esters is 1. The van der Waals surface area contributed by atoms with E-state index in [9.17, 15) is 33.6 Å². The summed E-state index contributed by atoms with van der Waals surface area (Å²) < 4.78 is 12.5. The van der Waals surface area contributed by atoms with Crippen LogP contribution in [0.5, 0.6) is 0 Å². The van der Waals surface area contributed by atoms with Crippen molar-refractivity contribution in [2.24, 2.45) is 0 Å². The number of hydroxylamine groups is 2. The molecule has 13 heteroatoms. The van der Waals surface area contributed by atoms with Gasteiger partial charge in [0.05, 0.1) is 24.7 Å². The van der Waals surface area contributed by atoms with Crippen LogP contribution >= 0.6 is 0 Å². The third-order valence-corrected chi connectivity index (χ3v) is 3.21. The monoisotopic (exact) mass is 457 g/mol. The zero-order valence-electron chi connectivity index (χ0n) is 15.2. The van der Waals surface area contributed by atoms with Gasteiger partial charge in [-0.3, -0.25) is 19.2 Å². The van der Waals surface area contributed by atoms with Crippen molar-refractivity contribution >= 4 is 41.4 Å². The predicted molar refractivity (Wildman–Crippen MR) is 85.6 cm³/mol. The molecule has 0 unspecified atom stereocenters. The minimum atomic E-state index is -0.894. The van der Waals surface area contributed by atoms with E-state index in [1.165, 1.54) is 0 Å². The summed E-state index contributed by atoms with van der Waals surface area (Å²) in [6, 6.07) is 0. The van der Waals surface area contributed by atoms with Crippen LogP contribution in [0.1, 0.15) is 44.9 Å². The number of hydrogen-bond acceptors (Lipinski definition) is 10. The summed E-state index contributed by atoms with van der Waals surface area (Å²) in [7, 11) is 0. The summed E-state index contributed by atoms with van der Waals surface area (Å²) in [6.07, 6.45) is -0.0112. The number of carbonyl (C=O) groups is 7. The van der Waals surface area contributed by atoms with Crippen LogP contribution < -0.4 is 0 Å². The van der Waals surface area contributed by atoms with Crippen molar-refractivity contribution in [2.45, 2.75) is 44.9 Å². The molecule has 0 radical (unpaired) electrons. The molecule has 2 aliphatic heterocycles. The van der Waals surface area contributed by atoms with Gasteiger partial charge in [0, 0.05) is 12.8 Å². The summed E-state index contributed by atoms with van der Waals surface area (Å²) in [5.74, 6) is -3.71. The number of ether oxygens (including phenoxy) is 1. The predicted octanol–water partition coefficient (Wildman–Crippen LogP) is -0.204. The van der Waals surface area contributed by atoms with Gasteiger partial charge < -0.3 is 31.4 Å². The second-order valence-corrected chi connectivity index (χ2v) is 5.39. The van der Waals surface area contributed by atoms with Crippen LogP contribution in [0.25, 0.3) is 5.32 Å². The average Bonchev–Trinajstić information content (AvgIpc) is 3.24. The van der Waals surface area contributed by atoms with E-state index in [1.807, 2.05) is 0 Å². The molecular weight excluding hydrogens is 439 g/mol. The van der Waals surface area contributed by atoms with Crippen LogP contribution in [0.4, 0.5) is 0 Å². The normalized spacial score (nSPS) is 14.9. The minimum absolute atomic E-state index is 0.00131. The van der Waals surface area contributed by atoms with E-state index in [-0.39, 0.29) is 56.3 Å². The molecule has 0 aliphatic carbocycles. The molecule has 2 rings (SSSR count). The number of amides is 4. The number of hydrogen-bond donors (Lipinski definition) is 0. The molecule has 0 atom stereocenters. The third-order valence-electron chi connectivity index (χ3n) is 3.21. The Morgan fingerprint density at radius 3 is 1.79 bits per heavy atom. The molecule has 0 aromatic heterocycles. The van der Waals surface area contributed by atoms with Crippen molar-refractivity contribution < 1.29 is 62.7 Å². The maximum atomic E-state index is 11.3. The van der Waals surface area contributed by atoms with Crippen molar-refractivity contribution in [3.63, 3.8) is 0 Å². The van der Waals surface area contributed by atoms with Crippen LogP contribution in [-0.2, 0) is 62.7 Å². The molecule has 0 N–H and O–H groups in total. The van der Waals surface area contributed by atoms with Gasteiger partial charge in [-0.15, -0.1) is 11.5 Å². The van der Waals surface area contributed by atoms with Crippen molar-refractivity contribution in [2.75, 3.05) is 6.61 Å². The Morgan fingerprint density at radius 1 is 0.897 bits per heavy atom. The first-order valence-electron chi connectivity index (χ1n) is 8.17. The number of rotatable bonds is 7. The second-order valence-electron chi connectivity index (χ2n) is 5.39. The molecule has 0 aromatic rings. The Balaban J connectivity index is 0.000000722. The molecule has 12 nitrogen and oxygen atoms in total. The van der Waals surface area contributed by atoms with E-state index in [2.05, 4.69) is 37.5 Å². The molecule has 2 heterocycles. The van der Waals surface area contributed by atoms with Crippen LogP contribution in [-0.4, -0.2) is 53.0 Å². The summed E-state index contributed by atoms with van der Waals surface area (Å²) in [6.45, 7) is 2.94. The summed E-state index contributed by atoms with van der Waals surface area (Å²) >= 11 is 2.31. The number of nitrogens with zero attached hydrogens (tertiary/aromatic N) is 2. The molecule has 163 valence electrons. The van der Waals surface area contributed by atoms with Gasteiger partial charge >= 0.3 is 31.5 Å². The molecule has 2 fully saturated rings. The van der Waals surface area contributed by atoms with Gasteiger partial charge in [0.1, 0.15) is 12.4 Å². The van der Waals surface area contributed by atoms with Crippen molar-refractivity contribution in [1.82, 2.24) is 5.06 Å². The standard InChI is InChI=1S/C12H14NO7.C4H5NO2.Co.O/c1-2-8(14)7-19-11(17)5-6-12(18)20-13-9(15)3-4-10(13)16;6-3-1-2-4(7)5-3;;/h1-7H2;1-2H2,(H,5,6,7);;/q-1;;;/p-1. The Morgan fingerprint density at radius 2 is 1.38 bits per heavy atom. The Labute approximate surface area is 173 Å². The van der Waals surface area contributed by atoms with Crippen molar-refractivity contribution in [3.8, 4) is 0 Å². The molecule has 0 spiro atoms. The van der Waals surface area contributed by atoms with Gasteiger partial charge in [0.2, 0.25) is 0 Å². The SMILES string of the molecule is O=C1CCC(=O)[N-]1.[CH2-]CC(=O)COC(=O)CCC(=O)ON1C(=O)CCC1=O.[O]=[Co]. The van der Waals surface area contributed by atoms with Gasteiger partial charge in [-0.05, 0) is 12.8 Å². The first-order valence-corrected chi connectivity index (χ1v) is 8.59. The van der Waals surface area contributed by atoms with E-state index >= 15 is 0 Å². The molecule has 2 saturated heterocycles. The zero-order valence-corrected chi connectivity index (χ0v) is 16.2. The summed E-state index contributed by atoms with van der Waals surface area (Å²) in [5, 5.41) is 3.51. The third kappa shape index (κ3) is 10.9. The fourth-order valence-electron chi connectivity index (χ4n) is 1.78. The Hall–Kier alpha value is -2.80. The van der Waals surface area contributed by atoms with Crippen LogP contribution in [0.15, 0.2) is 0 Å². The van der Waals surface area contributed by atoms with Gasteiger partial charge in [0.25, 0.3) is 11.8 Å².